The standard InChI is InChI=1S/C20H23NO4S/c1-12-3-8-18(26-12)16-10-17(16)19(23)21-11-14(20(24)25-2)9-13-4-6-15(22)7-5-13/h3-8,14,16-17,22H,9-11H2,1-2H3,(H,21,23). The first-order valence-electron chi connectivity index (χ1n) is 8.67. The minimum absolute atomic E-state index is 0.0000179. The molecule has 1 aromatic carbocycles. The van der Waals surface area contributed by atoms with Crippen LogP contribution in [0.25, 0.3) is 0 Å². The smallest absolute Gasteiger partial charge is 0.310 e. The van der Waals surface area contributed by atoms with E-state index >= 15 is 0 Å². The quantitative estimate of drug-likeness (QED) is 0.732. The molecular formula is C20H23NO4S. The van der Waals surface area contributed by atoms with Crippen molar-refractivity contribution >= 4 is 23.2 Å². The molecule has 3 rings (SSSR count). The predicted octanol–water partition coefficient (Wildman–Crippen LogP) is 3.01. The van der Waals surface area contributed by atoms with Gasteiger partial charge in [-0.2, -0.15) is 0 Å². The molecule has 0 radical (unpaired) electrons. The van der Waals surface area contributed by atoms with Crippen molar-refractivity contribution in [3.8, 4) is 5.75 Å². The van der Waals surface area contributed by atoms with E-state index in [9.17, 15) is 14.7 Å². The summed E-state index contributed by atoms with van der Waals surface area (Å²) in [5, 5.41) is 12.3. The molecule has 5 nitrogen and oxygen atoms in total. The van der Waals surface area contributed by atoms with Crippen LogP contribution >= 0.6 is 11.3 Å². The van der Waals surface area contributed by atoms with Crippen LogP contribution in [0.2, 0.25) is 0 Å². The largest absolute Gasteiger partial charge is 0.508 e. The second-order valence-corrected chi connectivity index (χ2v) is 8.05. The van der Waals surface area contributed by atoms with Crippen LogP contribution in [0.3, 0.4) is 0 Å². The Kier molecular flexibility index (Phi) is 5.61. The Bertz CT molecular complexity index is 783. The molecule has 0 spiro atoms. The number of rotatable bonds is 7. The number of ether oxygens (including phenoxy) is 1. The maximum absolute atomic E-state index is 12.4. The van der Waals surface area contributed by atoms with E-state index in [0.29, 0.717) is 12.3 Å². The summed E-state index contributed by atoms with van der Waals surface area (Å²) in [7, 11) is 1.35. The van der Waals surface area contributed by atoms with Gasteiger partial charge in [-0.3, -0.25) is 9.59 Å². The number of phenols is 1. The topological polar surface area (TPSA) is 75.6 Å². The fourth-order valence-corrected chi connectivity index (χ4v) is 4.18. The molecule has 6 heteroatoms. The highest BCUT2D eigenvalue weighted by atomic mass is 32.1. The van der Waals surface area contributed by atoms with Crippen molar-refractivity contribution in [2.45, 2.75) is 25.7 Å². The Hall–Kier alpha value is -2.34. The van der Waals surface area contributed by atoms with Crippen LogP contribution in [0.1, 0.15) is 27.7 Å². The highest BCUT2D eigenvalue weighted by Crippen LogP contribution is 2.49. The van der Waals surface area contributed by atoms with Crippen molar-refractivity contribution in [3.63, 3.8) is 0 Å². The Morgan fingerprint density at radius 3 is 2.62 bits per heavy atom. The molecule has 0 aliphatic heterocycles. The van der Waals surface area contributed by atoms with E-state index in [2.05, 4.69) is 24.4 Å². The van der Waals surface area contributed by atoms with Crippen LogP contribution in [0, 0.1) is 18.8 Å². The molecule has 2 N–H and O–H groups in total. The van der Waals surface area contributed by atoms with Crippen molar-refractivity contribution < 1.29 is 19.4 Å². The summed E-state index contributed by atoms with van der Waals surface area (Å²) >= 11 is 1.74. The molecule has 1 amide bonds. The number of nitrogens with one attached hydrogen (secondary N) is 1. The number of hydrogen-bond acceptors (Lipinski definition) is 5. The molecule has 26 heavy (non-hydrogen) atoms. The van der Waals surface area contributed by atoms with Crippen molar-refractivity contribution in [1.82, 2.24) is 5.32 Å². The molecule has 3 atom stereocenters. The monoisotopic (exact) mass is 373 g/mol. The van der Waals surface area contributed by atoms with Crippen LogP contribution < -0.4 is 5.32 Å². The average molecular weight is 373 g/mol. The Labute approximate surface area is 157 Å². The SMILES string of the molecule is COC(=O)C(CNC(=O)C1CC1c1ccc(C)s1)Cc1ccc(O)cc1. The Morgan fingerprint density at radius 2 is 2.00 bits per heavy atom. The van der Waals surface area contributed by atoms with Gasteiger partial charge in [0.1, 0.15) is 5.75 Å². The fourth-order valence-electron chi connectivity index (χ4n) is 3.13. The molecule has 1 aliphatic carbocycles. The number of benzene rings is 1. The molecule has 1 aromatic heterocycles. The molecular weight excluding hydrogens is 350 g/mol. The van der Waals surface area contributed by atoms with Gasteiger partial charge in [0.15, 0.2) is 0 Å². The lowest BCUT2D eigenvalue weighted by Crippen LogP contribution is -2.35. The number of thiophene rings is 1. The van der Waals surface area contributed by atoms with Crippen molar-refractivity contribution in [2.24, 2.45) is 11.8 Å². The minimum Gasteiger partial charge on any atom is -0.508 e. The van der Waals surface area contributed by atoms with Crippen LogP contribution in [-0.2, 0) is 20.7 Å². The fraction of sp³-hybridized carbons (Fsp3) is 0.400. The summed E-state index contributed by atoms with van der Waals surface area (Å²) in [4.78, 5) is 27.0. The van der Waals surface area contributed by atoms with E-state index in [4.69, 9.17) is 4.74 Å². The molecule has 1 fully saturated rings. The summed E-state index contributed by atoms with van der Waals surface area (Å²) < 4.78 is 4.87. The molecule has 3 unspecified atom stereocenters. The second kappa shape index (κ2) is 7.91. The molecule has 138 valence electrons. The Morgan fingerprint density at radius 1 is 1.27 bits per heavy atom. The van der Waals surface area contributed by atoms with E-state index in [1.807, 2.05) is 0 Å². The lowest BCUT2D eigenvalue weighted by atomic mass is 9.99. The maximum Gasteiger partial charge on any atom is 0.310 e. The van der Waals surface area contributed by atoms with Crippen LogP contribution in [-0.4, -0.2) is 30.6 Å². The normalized spacial score (nSPS) is 19.6. The van der Waals surface area contributed by atoms with Gasteiger partial charge in [0.05, 0.1) is 13.0 Å². The van der Waals surface area contributed by atoms with Gasteiger partial charge in [-0.15, -0.1) is 11.3 Å². The lowest BCUT2D eigenvalue weighted by Gasteiger charge is -2.15. The minimum atomic E-state index is -0.449. The first kappa shape index (κ1) is 18.5. The third-order valence-corrected chi connectivity index (χ3v) is 5.86. The third-order valence-electron chi connectivity index (χ3n) is 4.73. The molecule has 1 aliphatic rings. The zero-order chi connectivity index (χ0) is 18.7. The average Bonchev–Trinajstić information content (AvgIpc) is 3.33. The van der Waals surface area contributed by atoms with E-state index < -0.39 is 5.92 Å². The number of aryl methyl sites for hydroxylation is 1. The highest BCUT2D eigenvalue weighted by molar-refractivity contribution is 7.12. The predicted molar refractivity (Wildman–Crippen MR) is 100 cm³/mol. The van der Waals surface area contributed by atoms with Crippen LogP contribution in [0.4, 0.5) is 0 Å². The number of carbonyl (C=O) groups excluding carboxylic acids is 2. The van der Waals surface area contributed by atoms with E-state index in [1.165, 1.54) is 16.9 Å². The van der Waals surface area contributed by atoms with Gasteiger partial charge < -0.3 is 15.2 Å². The summed E-state index contributed by atoms with van der Waals surface area (Å²) in [6.07, 6.45) is 1.32. The zero-order valence-corrected chi connectivity index (χ0v) is 15.7. The molecule has 1 saturated carbocycles. The van der Waals surface area contributed by atoms with Gasteiger partial charge >= 0.3 is 5.97 Å². The van der Waals surface area contributed by atoms with E-state index in [1.54, 1.807) is 35.6 Å². The first-order chi connectivity index (χ1) is 12.5. The van der Waals surface area contributed by atoms with E-state index in [-0.39, 0.29) is 30.1 Å². The summed E-state index contributed by atoms with van der Waals surface area (Å²) in [5.41, 5.74) is 0.908. The molecule has 0 bridgehead atoms. The second-order valence-electron chi connectivity index (χ2n) is 6.73. The van der Waals surface area contributed by atoms with E-state index in [0.717, 1.165) is 12.0 Å². The summed E-state index contributed by atoms with van der Waals surface area (Å²) in [6.45, 7) is 2.31. The van der Waals surface area contributed by atoms with Gasteiger partial charge in [0.25, 0.3) is 0 Å². The van der Waals surface area contributed by atoms with Gasteiger partial charge in [-0.05, 0) is 49.6 Å². The van der Waals surface area contributed by atoms with Crippen molar-refractivity contribution in [1.29, 1.82) is 0 Å². The van der Waals surface area contributed by atoms with Crippen molar-refractivity contribution in [2.75, 3.05) is 13.7 Å². The number of esters is 1. The van der Waals surface area contributed by atoms with Crippen molar-refractivity contribution in [3.05, 3.63) is 51.7 Å². The molecule has 2 aromatic rings. The first-order valence-corrected chi connectivity index (χ1v) is 9.49. The number of carbonyl (C=O) groups is 2. The number of hydrogen-bond donors (Lipinski definition) is 2. The molecule has 0 saturated heterocycles. The van der Waals surface area contributed by atoms with Gasteiger partial charge in [0, 0.05) is 28.1 Å². The number of phenolic OH excluding ortho intramolecular Hbond substituents is 1. The van der Waals surface area contributed by atoms with Crippen LogP contribution in [0.5, 0.6) is 5.75 Å². The van der Waals surface area contributed by atoms with Gasteiger partial charge in [-0.25, -0.2) is 0 Å². The maximum atomic E-state index is 12.4. The number of methoxy groups -OCH3 is 1. The number of aromatic hydroxyl groups is 1. The number of amides is 1. The van der Waals surface area contributed by atoms with Gasteiger partial charge in [0.2, 0.25) is 5.91 Å². The highest BCUT2D eigenvalue weighted by Gasteiger charge is 2.44. The summed E-state index contributed by atoms with van der Waals surface area (Å²) in [6, 6.07) is 10.9. The third kappa shape index (κ3) is 4.43. The lowest BCUT2D eigenvalue weighted by molar-refractivity contribution is -0.145. The van der Waals surface area contributed by atoms with Crippen LogP contribution in [0.15, 0.2) is 36.4 Å². The summed E-state index contributed by atoms with van der Waals surface area (Å²) in [5.74, 6) is -0.308. The molecule has 1 heterocycles. The Balaban J connectivity index is 1.55. The van der Waals surface area contributed by atoms with Gasteiger partial charge in [-0.1, -0.05) is 12.1 Å². The zero-order valence-electron chi connectivity index (χ0n) is 14.9.